The van der Waals surface area contributed by atoms with E-state index in [0.29, 0.717) is 36.2 Å². The van der Waals surface area contributed by atoms with E-state index in [0.717, 1.165) is 5.56 Å². The Balaban J connectivity index is 1.54. The quantitative estimate of drug-likeness (QED) is 0.652. The predicted molar refractivity (Wildman–Crippen MR) is 99.5 cm³/mol. The van der Waals surface area contributed by atoms with Gasteiger partial charge in [-0.3, -0.25) is 4.79 Å². The van der Waals surface area contributed by atoms with Gasteiger partial charge in [-0.1, -0.05) is 6.07 Å². The molecule has 0 spiro atoms. The Morgan fingerprint density at radius 3 is 2.59 bits per heavy atom. The lowest BCUT2D eigenvalue weighted by Gasteiger charge is -2.10. The first-order chi connectivity index (χ1) is 13.2. The standard InChI is InChI=1S/C19H21N5O3/c1-26-15-5-4-14(12-16(15)27-2)13-17(25)20-8-10-24-11-9-23-19(24)18-21-6-3-7-22-18/h3-7,9,11-12H,8,10,13H2,1-2H3,(H,20,25). The van der Waals surface area contributed by atoms with Crippen LogP contribution in [0, 0.1) is 0 Å². The summed E-state index contributed by atoms with van der Waals surface area (Å²) in [7, 11) is 3.15. The topological polar surface area (TPSA) is 91.2 Å². The molecule has 1 N–H and O–H groups in total. The van der Waals surface area contributed by atoms with Crippen molar-refractivity contribution >= 4 is 5.91 Å². The van der Waals surface area contributed by atoms with Crippen LogP contribution in [0.2, 0.25) is 0 Å². The first kappa shape index (κ1) is 18.4. The molecule has 27 heavy (non-hydrogen) atoms. The van der Waals surface area contributed by atoms with Crippen LogP contribution < -0.4 is 14.8 Å². The summed E-state index contributed by atoms with van der Waals surface area (Å²) in [4.78, 5) is 24.9. The molecule has 2 aromatic heterocycles. The van der Waals surface area contributed by atoms with Gasteiger partial charge in [-0.15, -0.1) is 0 Å². The minimum absolute atomic E-state index is 0.0696. The summed E-state index contributed by atoms with van der Waals surface area (Å²) < 4.78 is 12.4. The van der Waals surface area contributed by atoms with Crippen LogP contribution in [0.3, 0.4) is 0 Å². The minimum Gasteiger partial charge on any atom is -0.493 e. The molecule has 0 saturated carbocycles. The van der Waals surface area contributed by atoms with Crippen molar-refractivity contribution < 1.29 is 14.3 Å². The number of carbonyl (C=O) groups is 1. The highest BCUT2D eigenvalue weighted by Crippen LogP contribution is 2.27. The molecule has 0 aliphatic carbocycles. The van der Waals surface area contributed by atoms with Crippen molar-refractivity contribution in [1.29, 1.82) is 0 Å². The van der Waals surface area contributed by atoms with E-state index in [2.05, 4.69) is 20.3 Å². The van der Waals surface area contributed by atoms with Crippen molar-refractivity contribution in [2.24, 2.45) is 0 Å². The maximum absolute atomic E-state index is 12.2. The molecule has 0 fully saturated rings. The van der Waals surface area contributed by atoms with Crippen molar-refractivity contribution in [3.05, 3.63) is 54.6 Å². The van der Waals surface area contributed by atoms with Gasteiger partial charge in [0, 0.05) is 37.9 Å². The number of amides is 1. The summed E-state index contributed by atoms with van der Waals surface area (Å²) in [6, 6.07) is 7.20. The molecule has 0 atom stereocenters. The number of ether oxygens (including phenoxy) is 2. The van der Waals surface area contributed by atoms with E-state index in [-0.39, 0.29) is 12.3 Å². The number of hydrogen-bond acceptors (Lipinski definition) is 6. The number of imidazole rings is 1. The molecule has 3 aromatic rings. The van der Waals surface area contributed by atoms with Gasteiger partial charge in [0.05, 0.1) is 20.6 Å². The zero-order valence-corrected chi connectivity index (χ0v) is 15.3. The number of aromatic nitrogens is 4. The molecule has 8 nitrogen and oxygen atoms in total. The third-order valence-corrected chi connectivity index (χ3v) is 3.97. The third kappa shape index (κ3) is 4.60. The molecule has 0 bridgehead atoms. The lowest BCUT2D eigenvalue weighted by molar-refractivity contribution is -0.120. The van der Waals surface area contributed by atoms with Crippen LogP contribution in [-0.4, -0.2) is 46.2 Å². The Labute approximate surface area is 157 Å². The summed E-state index contributed by atoms with van der Waals surface area (Å²) in [5.74, 6) is 2.40. The van der Waals surface area contributed by atoms with Crippen molar-refractivity contribution in [3.63, 3.8) is 0 Å². The highest BCUT2D eigenvalue weighted by atomic mass is 16.5. The molecular weight excluding hydrogens is 346 g/mol. The van der Waals surface area contributed by atoms with E-state index >= 15 is 0 Å². The van der Waals surface area contributed by atoms with Crippen LogP contribution in [0.25, 0.3) is 11.6 Å². The minimum atomic E-state index is -0.0696. The third-order valence-electron chi connectivity index (χ3n) is 3.97. The van der Waals surface area contributed by atoms with Crippen LogP contribution in [0.5, 0.6) is 11.5 Å². The van der Waals surface area contributed by atoms with Crippen LogP contribution in [0.4, 0.5) is 0 Å². The summed E-state index contributed by atoms with van der Waals surface area (Å²) in [5.41, 5.74) is 0.853. The number of nitrogens with one attached hydrogen (secondary N) is 1. The number of hydrogen-bond donors (Lipinski definition) is 1. The number of methoxy groups -OCH3 is 2. The first-order valence-corrected chi connectivity index (χ1v) is 8.47. The lowest BCUT2D eigenvalue weighted by atomic mass is 10.1. The van der Waals surface area contributed by atoms with Crippen LogP contribution in [-0.2, 0) is 17.8 Å². The Morgan fingerprint density at radius 1 is 1.07 bits per heavy atom. The van der Waals surface area contributed by atoms with Crippen LogP contribution in [0.1, 0.15) is 5.56 Å². The SMILES string of the molecule is COc1ccc(CC(=O)NCCn2ccnc2-c2ncccn2)cc1OC. The van der Waals surface area contributed by atoms with Gasteiger partial charge >= 0.3 is 0 Å². The van der Waals surface area contributed by atoms with Gasteiger partial charge in [-0.05, 0) is 23.8 Å². The van der Waals surface area contributed by atoms with E-state index in [1.165, 1.54) is 0 Å². The zero-order valence-electron chi connectivity index (χ0n) is 15.3. The summed E-state index contributed by atoms with van der Waals surface area (Å²) in [6.07, 6.45) is 7.14. The Morgan fingerprint density at radius 2 is 1.85 bits per heavy atom. The Kier molecular flexibility index (Phi) is 5.98. The summed E-state index contributed by atoms with van der Waals surface area (Å²) >= 11 is 0. The fraction of sp³-hybridized carbons (Fsp3) is 0.263. The maximum atomic E-state index is 12.2. The highest BCUT2D eigenvalue weighted by molar-refractivity contribution is 5.78. The molecule has 0 saturated heterocycles. The molecule has 0 aliphatic heterocycles. The average Bonchev–Trinajstić information content (AvgIpc) is 3.17. The van der Waals surface area contributed by atoms with E-state index in [9.17, 15) is 4.79 Å². The number of rotatable bonds is 8. The first-order valence-electron chi connectivity index (χ1n) is 8.47. The maximum Gasteiger partial charge on any atom is 0.224 e. The van der Waals surface area contributed by atoms with Gasteiger partial charge < -0.3 is 19.4 Å². The predicted octanol–water partition coefficient (Wildman–Crippen LogP) is 1.72. The van der Waals surface area contributed by atoms with Crippen molar-refractivity contribution in [2.45, 2.75) is 13.0 Å². The molecule has 8 heteroatoms. The van der Waals surface area contributed by atoms with E-state index in [1.54, 1.807) is 51.0 Å². The molecule has 3 rings (SSSR count). The van der Waals surface area contributed by atoms with Crippen molar-refractivity contribution in [3.8, 4) is 23.1 Å². The number of benzene rings is 1. The van der Waals surface area contributed by atoms with Gasteiger partial charge in [0.2, 0.25) is 5.91 Å². The van der Waals surface area contributed by atoms with E-state index in [1.807, 2.05) is 16.8 Å². The molecular formula is C19H21N5O3. The van der Waals surface area contributed by atoms with Gasteiger partial charge in [-0.2, -0.15) is 0 Å². The molecule has 1 amide bonds. The number of nitrogens with zero attached hydrogens (tertiary/aromatic N) is 4. The normalized spacial score (nSPS) is 10.4. The molecule has 0 unspecified atom stereocenters. The van der Waals surface area contributed by atoms with Gasteiger partial charge in [0.15, 0.2) is 23.1 Å². The molecule has 2 heterocycles. The molecule has 0 radical (unpaired) electrons. The monoisotopic (exact) mass is 367 g/mol. The second-order valence-corrected chi connectivity index (χ2v) is 5.73. The fourth-order valence-corrected chi connectivity index (χ4v) is 2.66. The summed E-state index contributed by atoms with van der Waals surface area (Å²) in [5, 5.41) is 2.91. The zero-order chi connectivity index (χ0) is 19.1. The van der Waals surface area contributed by atoms with E-state index in [4.69, 9.17) is 9.47 Å². The summed E-state index contributed by atoms with van der Waals surface area (Å²) in [6.45, 7) is 1.05. The molecule has 140 valence electrons. The Bertz CT molecular complexity index is 895. The van der Waals surface area contributed by atoms with Gasteiger partial charge in [0.1, 0.15) is 0 Å². The van der Waals surface area contributed by atoms with Crippen molar-refractivity contribution in [1.82, 2.24) is 24.8 Å². The second kappa shape index (κ2) is 8.79. The Hall–Kier alpha value is -3.42. The molecule has 0 aliphatic rings. The molecule has 1 aromatic carbocycles. The van der Waals surface area contributed by atoms with E-state index < -0.39 is 0 Å². The smallest absolute Gasteiger partial charge is 0.224 e. The van der Waals surface area contributed by atoms with Crippen LogP contribution in [0.15, 0.2) is 49.1 Å². The van der Waals surface area contributed by atoms with Crippen molar-refractivity contribution in [2.75, 3.05) is 20.8 Å². The lowest BCUT2D eigenvalue weighted by Crippen LogP contribution is -2.28. The fourth-order valence-electron chi connectivity index (χ4n) is 2.66. The second-order valence-electron chi connectivity index (χ2n) is 5.73. The highest BCUT2D eigenvalue weighted by Gasteiger charge is 2.10. The number of carbonyl (C=O) groups excluding carboxylic acids is 1. The average molecular weight is 367 g/mol. The van der Waals surface area contributed by atoms with Gasteiger partial charge in [0.25, 0.3) is 0 Å². The van der Waals surface area contributed by atoms with Crippen LogP contribution >= 0.6 is 0 Å². The largest absolute Gasteiger partial charge is 0.493 e. The van der Waals surface area contributed by atoms with Gasteiger partial charge in [-0.25, -0.2) is 15.0 Å².